The van der Waals surface area contributed by atoms with Crippen LogP contribution in [0.2, 0.25) is 0 Å². The van der Waals surface area contributed by atoms with Gasteiger partial charge in [-0.2, -0.15) is 0 Å². The van der Waals surface area contributed by atoms with E-state index < -0.39 is 0 Å². The van der Waals surface area contributed by atoms with Gasteiger partial charge in [-0.25, -0.2) is 4.98 Å². The highest BCUT2D eigenvalue weighted by atomic mass is 32.1. The summed E-state index contributed by atoms with van der Waals surface area (Å²) in [5.41, 5.74) is 4.19. The van der Waals surface area contributed by atoms with Gasteiger partial charge in [0.15, 0.2) is 0 Å². The number of nitrogens with one attached hydrogen (secondary N) is 1. The average molecular weight is 449 g/mol. The number of aryl methyl sites for hydroxylation is 1. The van der Waals surface area contributed by atoms with Crippen molar-refractivity contribution in [3.8, 4) is 0 Å². The maximum Gasteiger partial charge on any atom is 0.261 e. The van der Waals surface area contributed by atoms with Crippen molar-refractivity contribution in [3.05, 3.63) is 58.1 Å². The Labute approximate surface area is 192 Å². The van der Waals surface area contributed by atoms with Crippen molar-refractivity contribution >= 4 is 39.1 Å². The molecular formula is C25H28N4O2S. The maximum absolute atomic E-state index is 13.4. The Morgan fingerprint density at radius 3 is 2.75 bits per heavy atom. The monoisotopic (exact) mass is 448 g/mol. The Balaban J connectivity index is 1.41. The van der Waals surface area contributed by atoms with Crippen molar-refractivity contribution in [2.75, 3.05) is 38.1 Å². The first-order chi connectivity index (χ1) is 15.6. The molecule has 1 atom stereocenters. The van der Waals surface area contributed by atoms with Crippen LogP contribution in [0.4, 0.5) is 5.69 Å². The van der Waals surface area contributed by atoms with Gasteiger partial charge < -0.3 is 15.1 Å². The second-order valence-electron chi connectivity index (χ2n) is 8.71. The van der Waals surface area contributed by atoms with E-state index in [1.54, 1.807) is 13.2 Å². The number of nitrogens with zero attached hydrogens (tertiary/aromatic N) is 3. The Bertz CT molecular complexity index is 1180. The summed E-state index contributed by atoms with van der Waals surface area (Å²) in [5, 5.41) is 3.79. The lowest BCUT2D eigenvalue weighted by atomic mass is 9.95. The zero-order valence-electron chi connectivity index (χ0n) is 18.6. The van der Waals surface area contributed by atoms with Gasteiger partial charge in [-0.1, -0.05) is 12.1 Å². The second-order valence-corrected chi connectivity index (χ2v) is 9.71. The predicted molar refractivity (Wildman–Crippen MR) is 129 cm³/mol. The highest BCUT2D eigenvalue weighted by Gasteiger charge is 2.33. The van der Waals surface area contributed by atoms with Gasteiger partial charge in [-0.3, -0.25) is 9.59 Å². The number of aromatic nitrogens is 1. The molecule has 2 saturated heterocycles. The molecule has 4 heterocycles. The first-order valence-electron chi connectivity index (χ1n) is 11.3. The quantitative estimate of drug-likeness (QED) is 0.650. The fourth-order valence-corrected chi connectivity index (χ4v) is 6.22. The van der Waals surface area contributed by atoms with Crippen LogP contribution >= 0.6 is 11.3 Å². The number of amides is 2. The number of anilines is 1. The van der Waals surface area contributed by atoms with E-state index in [2.05, 4.69) is 34.3 Å². The molecule has 166 valence electrons. The predicted octanol–water partition coefficient (Wildman–Crippen LogP) is 4.19. The summed E-state index contributed by atoms with van der Waals surface area (Å²) in [6.45, 7) is 5.55. The molecular weight excluding hydrogens is 420 g/mol. The average Bonchev–Trinajstić information content (AvgIpc) is 3.57. The van der Waals surface area contributed by atoms with Crippen LogP contribution < -0.4 is 10.2 Å². The van der Waals surface area contributed by atoms with Crippen LogP contribution in [0.1, 0.15) is 56.3 Å². The number of fused-ring (bicyclic) bond motifs is 1. The fraction of sp³-hybridized carbons (Fsp3) is 0.400. The molecule has 0 saturated carbocycles. The molecule has 32 heavy (non-hydrogen) atoms. The largest absolute Gasteiger partial charge is 0.371 e. The van der Waals surface area contributed by atoms with Crippen molar-refractivity contribution in [3.63, 3.8) is 0 Å². The van der Waals surface area contributed by atoms with E-state index in [-0.39, 0.29) is 17.7 Å². The summed E-state index contributed by atoms with van der Waals surface area (Å²) in [6, 6.07) is 10.0. The van der Waals surface area contributed by atoms with Gasteiger partial charge in [-0.15, -0.1) is 11.3 Å². The summed E-state index contributed by atoms with van der Waals surface area (Å²) in [7, 11) is 1.66. The number of carbonyl (C=O) groups excluding carboxylic acids is 2. The van der Waals surface area contributed by atoms with Crippen LogP contribution in [-0.4, -0.2) is 54.9 Å². The maximum atomic E-state index is 13.4. The minimum atomic E-state index is -0.0819. The summed E-state index contributed by atoms with van der Waals surface area (Å²) in [5.74, 6) is 0.126. The number of rotatable bonds is 4. The summed E-state index contributed by atoms with van der Waals surface area (Å²) in [4.78, 5) is 36.4. The van der Waals surface area contributed by atoms with Crippen LogP contribution in [-0.2, 0) is 0 Å². The molecule has 0 aliphatic carbocycles. The molecule has 2 aromatic heterocycles. The number of hydrogen-bond acceptors (Lipinski definition) is 5. The Hall–Kier alpha value is -2.93. The zero-order chi connectivity index (χ0) is 22.2. The first-order valence-corrected chi connectivity index (χ1v) is 12.1. The van der Waals surface area contributed by atoms with Crippen molar-refractivity contribution in [2.24, 2.45) is 0 Å². The number of likely N-dealkylation sites (tertiary alicyclic amines) is 1. The topological polar surface area (TPSA) is 65.5 Å². The zero-order valence-corrected chi connectivity index (χ0v) is 19.4. The van der Waals surface area contributed by atoms with E-state index in [4.69, 9.17) is 0 Å². The molecule has 0 radical (unpaired) electrons. The summed E-state index contributed by atoms with van der Waals surface area (Å²) >= 11 is 1.43. The number of thiophene rings is 1. The Morgan fingerprint density at radius 2 is 1.97 bits per heavy atom. The molecule has 6 nitrogen and oxygen atoms in total. The van der Waals surface area contributed by atoms with Crippen LogP contribution in [0.5, 0.6) is 0 Å². The molecule has 5 rings (SSSR count). The van der Waals surface area contributed by atoms with Crippen LogP contribution in [0.3, 0.4) is 0 Å². The molecule has 2 aliphatic rings. The first kappa shape index (κ1) is 20.9. The molecule has 0 spiro atoms. The molecule has 0 bridgehead atoms. The minimum absolute atomic E-state index is 0.0760. The number of pyridine rings is 1. The molecule has 0 unspecified atom stereocenters. The smallest absolute Gasteiger partial charge is 0.261 e. The molecule has 1 N–H and O–H groups in total. The van der Waals surface area contributed by atoms with Crippen LogP contribution in [0, 0.1) is 6.92 Å². The van der Waals surface area contributed by atoms with Crippen LogP contribution in [0.15, 0.2) is 36.5 Å². The van der Waals surface area contributed by atoms with Crippen molar-refractivity contribution < 1.29 is 9.59 Å². The van der Waals surface area contributed by atoms with Gasteiger partial charge in [0.1, 0.15) is 4.83 Å². The Kier molecular flexibility index (Phi) is 5.59. The van der Waals surface area contributed by atoms with Crippen molar-refractivity contribution in [2.45, 2.75) is 32.1 Å². The van der Waals surface area contributed by atoms with Gasteiger partial charge >= 0.3 is 0 Å². The number of benzene rings is 1. The molecule has 2 fully saturated rings. The standard InChI is InChI=1S/C25H28N4O2S/c1-16-7-8-17(14-20(16)28-11-3-4-12-28)25(31)29-13-9-18(15-29)21-19-6-5-10-27-24(19)32-22(21)23(30)26-2/h5-8,10,14,18H,3-4,9,11-13,15H2,1-2H3,(H,26,30)/t18-/m0/s1. The van der Waals surface area contributed by atoms with Gasteiger partial charge in [0.05, 0.1) is 4.88 Å². The minimum Gasteiger partial charge on any atom is -0.371 e. The third-order valence-electron chi connectivity index (χ3n) is 6.72. The van der Waals surface area contributed by atoms with E-state index in [1.165, 1.54) is 35.4 Å². The molecule has 7 heteroatoms. The normalized spacial score (nSPS) is 18.5. The molecule has 1 aromatic carbocycles. The molecule has 2 aliphatic heterocycles. The fourth-order valence-electron chi connectivity index (χ4n) is 5.04. The lowest BCUT2D eigenvalue weighted by Gasteiger charge is -2.22. The number of hydrogen-bond donors (Lipinski definition) is 1. The lowest BCUT2D eigenvalue weighted by molar-refractivity contribution is 0.0791. The highest BCUT2D eigenvalue weighted by Crippen LogP contribution is 2.39. The van der Waals surface area contributed by atoms with E-state index in [0.717, 1.165) is 40.9 Å². The van der Waals surface area contributed by atoms with Crippen molar-refractivity contribution in [1.29, 1.82) is 0 Å². The van der Waals surface area contributed by atoms with E-state index in [1.807, 2.05) is 23.1 Å². The van der Waals surface area contributed by atoms with Crippen molar-refractivity contribution in [1.82, 2.24) is 15.2 Å². The molecule has 2 amide bonds. The number of carbonyl (C=O) groups is 2. The highest BCUT2D eigenvalue weighted by molar-refractivity contribution is 7.20. The van der Waals surface area contributed by atoms with Gasteiger partial charge in [0.25, 0.3) is 11.8 Å². The van der Waals surface area contributed by atoms with E-state index in [9.17, 15) is 9.59 Å². The SMILES string of the molecule is CNC(=O)c1sc2ncccc2c1[C@H]1CCN(C(=O)c2ccc(C)c(N3CCCC3)c2)C1. The van der Waals surface area contributed by atoms with Gasteiger partial charge in [-0.05, 0) is 55.5 Å². The van der Waals surface area contributed by atoms with E-state index >= 15 is 0 Å². The van der Waals surface area contributed by atoms with Crippen LogP contribution in [0.25, 0.3) is 10.2 Å². The third kappa shape index (κ3) is 3.64. The summed E-state index contributed by atoms with van der Waals surface area (Å²) in [6.07, 6.45) is 5.03. The second kappa shape index (κ2) is 8.54. The summed E-state index contributed by atoms with van der Waals surface area (Å²) < 4.78 is 0. The Morgan fingerprint density at radius 1 is 1.16 bits per heavy atom. The van der Waals surface area contributed by atoms with Gasteiger partial charge in [0, 0.05) is 62.0 Å². The third-order valence-corrected chi connectivity index (χ3v) is 7.85. The van der Waals surface area contributed by atoms with Gasteiger partial charge in [0.2, 0.25) is 0 Å². The molecule has 3 aromatic rings. The lowest BCUT2D eigenvalue weighted by Crippen LogP contribution is -2.29. The van der Waals surface area contributed by atoms with E-state index in [0.29, 0.717) is 18.0 Å².